The van der Waals surface area contributed by atoms with Crippen LogP contribution in [0, 0.1) is 0 Å². The number of nitrogens with one attached hydrogen (secondary N) is 1. The molecule has 1 aromatic heterocycles. The molecule has 2 aromatic carbocycles. The van der Waals surface area contributed by atoms with Gasteiger partial charge in [-0.15, -0.1) is 5.10 Å². The first-order chi connectivity index (χ1) is 16.1. The Hall–Kier alpha value is -3.69. The molecule has 10 heteroatoms. The minimum absolute atomic E-state index is 0.0995. The van der Waals surface area contributed by atoms with Gasteiger partial charge in [-0.2, -0.15) is 13.2 Å². The molecule has 1 aliphatic rings. The molecule has 0 spiro atoms. The lowest BCUT2D eigenvalue weighted by Gasteiger charge is -2.24. The summed E-state index contributed by atoms with van der Waals surface area (Å²) in [5.74, 6) is -1.31. The number of alkyl halides is 3. The van der Waals surface area contributed by atoms with E-state index >= 15 is 0 Å². The lowest BCUT2D eigenvalue weighted by Crippen LogP contribution is -2.31. The summed E-state index contributed by atoms with van der Waals surface area (Å²) in [6.45, 7) is 1.88. The first-order valence-corrected chi connectivity index (χ1v) is 10.9. The van der Waals surface area contributed by atoms with Crippen molar-refractivity contribution < 1.29 is 27.9 Å². The Labute approximate surface area is 193 Å². The molecule has 178 valence electrons. The number of carboxylic acids is 1. The van der Waals surface area contributed by atoms with Crippen LogP contribution in [0.3, 0.4) is 0 Å². The average molecular weight is 472 g/mol. The molecule has 7 nitrogen and oxygen atoms in total. The van der Waals surface area contributed by atoms with E-state index in [0.717, 1.165) is 37.0 Å². The van der Waals surface area contributed by atoms with Gasteiger partial charge in [0.25, 0.3) is 5.91 Å². The Morgan fingerprint density at radius 3 is 2.29 bits per heavy atom. The van der Waals surface area contributed by atoms with Gasteiger partial charge in [-0.1, -0.05) is 35.9 Å². The number of rotatable bonds is 7. The SMILES string of the molecule is C[C@H](NC(=O)c1c(C2CCC2)nnn1Cc1ccc(C(F)(F)F)cc1)c1ccc(C(=O)O)cc1. The number of hydrogen-bond acceptors (Lipinski definition) is 4. The fourth-order valence-corrected chi connectivity index (χ4v) is 3.86. The van der Waals surface area contributed by atoms with Gasteiger partial charge in [0, 0.05) is 5.92 Å². The van der Waals surface area contributed by atoms with Gasteiger partial charge in [0.05, 0.1) is 29.4 Å². The van der Waals surface area contributed by atoms with Gasteiger partial charge in [-0.25, -0.2) is 9.48 Å². The fourth-order valence-electron chi connectivity index (χ4n) is 3.86. The highest BCUT2D eigenvalue weighted by molar-refractivity contribution is 5.94. The quantitative estimate of drug-likeness (QED) is 0.515. The molecular formula is C24H23F3N4O3. The maximum atomic E-state index is 13.3. The smallest absolute Gasteiger partial charge is 0.416 e. The molecule has 0 bridgehead atoms. The molecule has 1 aliphatic carbocycles. The number of carbonyl (C=O) groups is 2. The number of carbonyl (C=O) groups excluding carboxylic acids is 1. The van der Waals surface area contributed by atoms with Crippen LogP contribution in [-0.4, -0.2) is 32.0 Å². The highest BCUT2D eigenvalue weighted by Crippen LogP contribution is 2.37. The first-order valence-electron chi connectivity index (χ1n) is 10.9. The molecule has 34 heavy (non-hydrogen) atoms. The van der Waals surface area contributed by atoms with E-state index in [-0.39, 0.29) is 18.0 Å². The van der Waals surface area contributed by atoms with Crippen molar-refractivity contribution in [3.8, 4) is 0 Å². The number of aromatic carboxylic acids is 1. The predicted octanol–water partition coefficient (Wildman–Crippen LogP) is 4.80. The number of halogens is 3. The second kappa shape index (κ2) is 9.28. The second-order valence-corrected chi connectivity index (χ2v) is 8.43. The molecule has 1 saturated carbocycles. The summed E-state index contributed by atoms with van der Waals surface area (Å²) in [6, 6.07) is 10.5. The summed E-state index contributed by atoms with van der Waals surface area (Å²) in [4.78, 5) is 24.3. The van der Waals surface area contributed by atoms with E-state index in [4.69, 9.17) is 5.11 Å². The molecule has 2 N–H and O–H groups in total. The molecule has 1 atom stereocenters. The Morgan fingerprint density at radius 2 is 1.76 bits per heavy atom. The van der Waals surface area contributed by atoms with Crippen molar-refractivity contribution in [3.63, 3.8) is 0 Å². The molecular weight excluding hydrogens is 449 g/mol. The van der Waals surface area contributed by atoms with Crippen molar-refractivity contribution in [3.05, 3.63) is 82.2 Å². The molecule has 1 amide bonds. The summed E-state index contributed by atoms with van der Waals surface area (Å²) in [6.07, 6.45) is -1.60. The van der Waals surface area contributed by atoms with Crippen LogP contribution in [0.5, 0.6) is 0 Å². The van der Waals surface area contributed by atoms with Gasteiger partial charge in [0.15, 0.2) is 0 Å². The Morgan fingerprint density at radius 1 is 1.12 bits per heavy atom. The number of amides is 1. The van der Waals surface area contributed by atoms with Gasteiger partial charge in [0.2, 0.25) is 0 Å². The summed E-state index contributed by atoms with van der Waals surface area (Å²) in [5.41, 5.74) is 1.57. The van der Waals surface area contributed by atoms with E-state index in [2.05, 4.69) is 15.6 Å². The zero-order valence-corrected chi connectivity index (χ0v) is 18.3. The molecule has 0 saturated heterocycles. The van der Waals surface area contributed by atoms with E-state index in [9.17, 15) is 22.8 Å². The van der Waals surface area contributed by atoms with Crippen LogP contribution in [-0.2, 0) is 12.7 Å². The third-order valence-electron chi connectivity index (χ3n) is 6.09. The van der Waals surface area contributed by atoms with Crippen molar-refractivity contribution in [2.24, 2.45) is 0 Å². The minimum Gasteiger partial charge on any atom is -0.478 e. The van der Waals surface area contributed by atoms with Gasteiger partial charge >= 0.3 is 12.1 Å². The van der Waals surface area contributed by atoms with Gasteiger partial charge < -0.3 is 10.4 Å². The van der Waals surface area contributed by atoms with Crippen LogP contribution in [0.4, 0.5) is 13.2 Å². The Bertz CT molecular complexity index is 1180. The van der Waals surface area contributed by atoms with Crippen LogP contribution < -0.4 is 5.32 Å². The van der Waals surface area contributed by atoms with Crippen LogP contribution in [0.1, 0.15) is 81.4 Å². The highest BCUT2D eigenvalue weighted by Gasteiger charge is 2.32. The average Bonchev–Trinajstić information content (AvgIpc) is 3.15. The molecule has 4 rings (SSSR count). The number of hydrogen-bond donors (Lipinski definition) is 2. The zero-order valence-electron chi connectivity index (χ0n) is 18.3. The number of aromatic nitrogens is 3. The minimum atomic E-state index is -4.42. The normalized spacial score (nSPS) is 14.9. The number of carboxylic acid groups (broad SMARTS) is 1. The topological polar surface area (TPSA) is 97.1 Å². The zero-order chi connectivity index (χ0) is 24.5. The van der Waals surface area contributed by atoms with Gasteiger partial charge in [-0.05, 0) is 55.2 Å². The number of benzene rings is 2. The molecule has 3 aromatic rings. The maximum absolute atomic E-state index is 13.3. The lowest BCUT2D eigenvalue weighted by molar-refractivity contribution is -0.137. The van der Waals surface area contributed by atoms with E-state index < -0.39 is 29.7 Å². The van der Waals surface area contributed by atoms with Gasteiger partial charge in [0.1, 0.15) is 5.69 Å². The molecule has 1 fully saturated rings. The predicted molar refractivity (Wildman–Crippen MR) is 116 cm³/mol. The van der Waals surface area contributed by atoms with Crippen molar-refractivity contribution in [1.29, 1.82) is 0 Å². The summed E-state index contributed by atoms with van der Waals surface area (Å²) in [7, 11) is 0. The molecule has 1 heterocycles. The maximum Gasteiger partial charge on any atom is 0.416 e. The van der Waals surface area contributed by atoms with Crippen molar-refractivity contribution in [2.45, 2.75) is 50.9 Å². The molecule has 0 aliphatic heterocycles. The first kappa shape index (κ1) is 23.5. The lowest BCUT2D eigenvalue weighted by atomic mass is 9.82. The molecule has 0 radical (unpaired) electrons. The fraction of sp³-hybridized carbons (Fsp3) is 0.333. The van der Waals surface area contributed by atoms with Gasteiger partial charge in [-0.3, -0.25) is 4.79 Å². The van der Waals surface area contributed by atoms with E-state index in [1.807, 2.05) is 0 Å². The third-order valence-corrected chi connectivity index (χ3v) is 6.09. The van der Waals surface area contributed by atoms with Crippen LogP contribution in [0.25, 0.3) is 0 Å². The monoisotopic (exact) mass is 472 g/mol. The van der Waals surface area contributed by atoms with E-state index in [1.54, 1.807) is 19.1 Å². The Kier molecular flexibility index (Phi) is 6.41. The second-order valence-electron chi connectivity index (χ2n) is 8.43. The largest absolute Gasteiger partial charge is 0.478 e. The van der Waals surface area contributed by atoms with E-state index in [1.165, 1.54) is 28.9 Å². The van der Waals surface area contributed by atoms with Crippen molar-refractivity contribution >= 4 is 11.9 Å². The van der Waals surface area contributed by atoms with Crippen LogP contribution >= 0.6 is 0 Å². The summed E-state index contributed by atoms with van der Waals surface area (Å²) >= 11 is 0. The standard InChI is InChI=1S/C24H23F3N4O3/c1-14(16-7-9-18(10-8-16)23(33)34)28-22(32)21-20(17-3-2-4-17)29-30-31(21)13-15-5-11-19(12-6-15)24(25,26)27/h5-12,14,17H,2-4,13H2,1H3,(H,28,32)(H,33,34)/t14-/m0/s1. The molecule has 0 unspecified atom stereocenters. The Balaban J connectivity index is 1.56. The third kappa shape index (κ3) is 4.95. The summed E-state index contributed by atoms with van der Waals surface area (Å²) < 4.78 is 40.0. The van der Waals surface area contributed by atoms with E-state index in [0.29, 0.717) is 17.0 Å². The van der Waals surface area contributed by atoms with Crippen molar-refractivity contribution in [2.75, 3.05) is 0 Å². The summed E-state index contributed by atoms with van der Waals surface area (Å²) in [5, 5.41) is 20.3. The van der Waals surface area contributed by atoms with Crippen molar-refractivity contribution in [1.82, 2.24) is 20.3 Å². The van der Waals surface area contributed by atoms with Crippen LogP contribution in [0.2, 0.25) is 0 Å². The number of nitrogens with zero attached hydrogens (tertiary/aromatic N) is 3. The van der Waals surface area contributed by atoms with Crippen LogP contribution in [0.15, 0.2) is 48.5 Å². The highest BCUT2D eigenvalue weighted by atomic mass is 19.4.